The molecule has 0 aromatic carbocycles. The molecule has 2 nitrogen and oxygen atoms in total. The van der Waals surface area contributed by atoms with Gasteiger partial charge in [-0.2, -0.15) is 0 Å². The van der Waals surface area contributed by atoms with Gasteiger partial charge in [-0.15, -0.1) is 0 Å². The van der Waals surface area contributed by atoms with Crippen LogP contribution in [-0.4, -0.2) is 37.1 Å². The van der Waals surface area contributed by atoms with Gasteiger partial charge in [0.1, 0.15) is 0 Å². The monoisotopic (exact) mass is 184 g/mol. The first-order valence-electron chi connectivity index (χ1n) is 5.62. The zero-order valence-corrected chi connectivity index (χ0v) is 9.51. The van der Waals surface area contributed by atoms with Crippen molar-refractivity contribution in [3.8, 4) is 0 Å². The molecule has 3 atom stereocenters. The summed E-state index contributed by atoms with van der Waals surface area (Å²) in [6, 6.07) is 1.47. The molecule has 13 heavy (non-hydrogen) atoms. The van der Waals surface area contributed by atoms with Gasteiger partial charge in [0.15, 0.2) is 0 Å². The van der Waals surface area contributed by atoms with Crippen molar-refractivity contribution in [1.82, 2.24) is 10.2 Å². The number of hydrogen-bond donors (Lipinski definition) is 1. The van der Waals surface area contributed by atoms with Crippen LogP contribution in [-0.2, 0) is 0 Å². The predicted molar refractivity (Wildman–Crippen MR) is 58.0 cm³/mol. The van der Waals surface area contributed by atoms with Gasteiger partial charge in [-0.1, -0.05) is 13.8 Å². The summed E-state index contributed by atoms with van der Waals surface area (Å²) in [7, 11) is 2.09. The van der Waals surface area contributed by atoms with E-state index in [2.05, 4.69) is 38.0 Å². The summed E-state index contributed by atoms with van der Waals surface area (Å²) in [5, 5.41) is 3.42. The van der Waals surface area contributed by atoms with Crippen LogP contribution in [0.3, 0.4) is 0 Å². The first-order chi connectivity index (χ1) is 6.20. The zero-order valence-electron chi connectivity index (χ0n) is 9.51. The second-order valence-corrected chi connectivity index (χ2v) is 4.32. The Balaban J connectivity index is 2.48. The van der Waals surface area contributed by atoms with Crippen molar-refractivity contribution in [2.24, 2.45) is 5.92 Å². The Morgan fingerprint density at radius 3 is 2.62 bits per heavy atom. The average molecular weight is 184 g/mol. The molecule has 1 saturated heterocycles. The molecule has 0 aromatic rings. The number of rotatable bonds is 3. The van der Waals surface area contributed by atoms with Gasteiger partial charge in [-0.05, 0) is 45.8 Å². The van der Waals surface area contributed by atoms with Crippen LogP contribution < -0.4 is 5.32 Å². The van der Waals surface area contributed by atoms with E-state index in [1.807, 2.05) is 0 Å². The molecule has 0 saturated carbocycles. The lowest BCUT2D eigenvalue weighted by atomic mass is 9.87. The summed E-state index contributed by atoms with van der Waals surface area (Å²) in [6.45, 7) is 9.53. The van der Waals surface area contributed by atoms with E-state index in [0.29, 0.717) is 0 Å². The van der Waals surface area contributed by atoms with Crippen LogP contribution in [0.5, 0.6) is 0 Å². The van der Waals surface area contributed by atoms with E-state index >= 15 is 0 Å². The maximum absolute atomic E-state index is 3.42. The molecule has 0 amide bonds. The lowest BCUT2D eigenvalue weighted by molar-refractivity contribution is 0.0879. The Bertz CT molecular complexity index is 145. The Morgan fingerprint density at radius 1 is 1.38 bits per heavy atom. The first kappa shape index (κ1) is 11.0. The van der Waals surface area contributed by atoms with E-state index in [4.69, 9.17) is 0 Å². The van der Waals surface area contributed by atoms with Crippen molar-refractivity contribution in [2.45, 2.75) is 45.7 Å². The van der Waals surface area contributed by atoms with Crippen LogP contribution in [0.1, 0.15) is 33.6 Å². The predicted octanol–water partition coefficient (Wildman–Crippen LogP) is 1.71. The topological polar surface area (TPSA) is 15.3 Å². The highest BCUT2D eigenvalue weighted by atomic mass is 15.2. The molecule has 78 valence electrons. The highest BCUT2D eigenvalue weighted by Gasteiger charge is 2.30. The molecule has 1 aliphatic heterocycles. The third kappa shape index (κ3) is 2.44. The van der Waals surface area contributed by atoms with Crippen molar-refractivity contribution in [1.29, 1.82) is 0 Å². The second-order valence-electron chi connectivity index (χ2n) is 4.32. The van der Waals surface area contributed by atoms with Crippen LogP contribution in [0.4, 0.5) is 0 Å². The summed E-state index contributed by atoms with van der Waals surface area (Å²) in [4.78, 5) is 2.62. The highest BCUT2D eigenvalue weighted by Crippen LogP contribution is 2.23. The second kappa shape index (κ2) is 4.97. The van der Waals surface area contributed by atoms with Crippen LogP contribution in [0.15, 0.2) is 0 Å². The maximum Gasteiger partial charge on any atom is 0.0117 e. The van der Waals surface area contributed by atoms with E-state index in [1.54, 1.807) is 0 Å². The summed E-state index contributed by atoms with van der Waals surface area (Å²) in [5.41, 5.74) is 0. The average Bonchev–Trinajstić information content (AvgIpc) is 2.14. The van der Waals surface area contributed by atoms with E-state index < -0.39 is 0 Å². The summed E-state index contributed by atoms with van der Waals surface area (Å²) in [5.74, 6) is 0.783. The van der Waals surface area contributed by atoms with Crippen LogP contribution >= 0.6 is 0 Å². The molecule has 3 unspecified atom stereocenters. The molecule has 1 fully saturated rings. The van der Waals surface area contributed by atoms with Gasteiger partial charge in [-0.3, -0.25) is 0 Å². The van der Waals surface area contributed by atoms with Crippen molar-refractivity contribution >= 4 is 0 Å². The molecule has 0 bridgehead atoms. The van der Waals surface area contributed by atoms with Gasteiger partial charge in [0, 0.05) is 12.1 Å². The largest absolute Gasteiger partial charge is 0.317 e. The quantitative estimate of drug-likeness (QED) is 0.718. The molecule has 1 heterocycles. The van der Waals surface area contributed by atoms with Crippen molar-refractivity contribution in [3.05, 3.63) is 0 Å². The summed E-state index contributed by atoms with van der Waals surface area (Å²) < 4.78 is 0. The summed E-state index contributed by atoms with van der Waals surface area (Å²) >= 11 is 0. The smallest absolute Gasteiger partial charge is 0.0117 e. The molecule has 0 spiro atoms. The van der Waals surface area contributed by atoms with Crippen molar-refractivity contribution < 1.29 is 0 Å². The molecular weight excluding hydrogens is 160 g/mol. The molecule has 1 rings (SSSR count). The van der Waals surface area contributed by atoms with Gasteiger partial charge >= 0.3 is 0 Å². The maximum atomic E-state index is 3.42. The lowest BCUT2D eigenvalue weighted by Gasteiger charge is -2.42. The molecule has 1 aliphatic rings. The Kier molecular flexibility index (Phi) is 4.20. The number of nitrogens with one attached hydrogen (secondary N) is 1. The molecule has 2 heteroatoms. The van der Waals surface area contributed by atoms with Gasteiger partial charge in [-0.25, -0.2) is 0 Å². The fourth-order valence-corrected chi connectivity index (χ4v) is 2.45. The Morgan fingerprint density at radius 2 is 2.08 bits per heavy atom. The van der Waals surface area contributed by atoms with Crippen LogP contribution in [0, 0.1) is 5.92 Å². The van der Waals surface area contributed by atoms with Gasteiger partial charge in [0.2, 0.25) is 0 Å². The lowest BCUT2D eigenvalue weighted by Crippen LogP contribution is -2.52. The van der Waals surface area contributed by atoms with Gasteiger partial charge in [0.25, 0.3) is 0 Å². The zero-order chi connectivity index (χ0) is 9.84. The third-order valence-electron chi connectivity index (χ3n) is 3.58. The van der Waals surface area contributed by atoms with E-state index in [-0.39, 0.29) is 0 Å². The normalized spacial score (nSPS) is 36.5. The minimum atomic E-state index is 0.725. The molecular formula is C11H24N2. The van der Waals surface area contributed by atoms with Crippen LogP contribution in [0.25, 0.3) is 0 Å². The fraction of sp³-hybridized carbons (Fsp3) is 1.00. The minimum absolute atomic E-state index is 0.725. The standard InChI is InChI=1S/C11H24N2/c1-5-7-13-8-6-11(12-4)9(2)10(13)3/h9-12H,5-8H2,1-4H3. The van der Waals surface area contributed by atoms with E-state index in [9.17, 15) is 0 Å². The van der Waals surface area contributed by atoms with Gasteiger partial charge in [0.05, 0.1) is 0 Å². The Labute approximate surface area is 82.7 Å². The minimum Gasteiger partial charge on any atom is -0.317 e. The molecule has 0 aliphatic carbocycles. The van der Waals surface area contributed by atoms with E-state index in [1.165, 1.54) is 25.9 Å². The molecule has 0 radical (unpaired) electrons. The number of piperidine rings is 1. The molecule has 0 aromatic heterocycles. The highest BCUT2D eigenvalue weighted by molar-refractivity contribution is 4.87. The number of hydrogen-bond acceptors (Lipinski definition) is 2. The third-order valence-corrected chi connectivity index (χ3v) is 3.58. The van der Waals surface area contributed by atoms with E-state index in [0.717, 1.165) is 18.0 Å². The van der Waals surface area contributed by atoms with Crippen LogP contribution in [0.2, 0.25) is 0 Å². The SMILES string of the molecule is CCCN1CCC(NC)C(C)C1C. The summed E-state index contributed by atoms with van der Waals surface area (Å²) in [6.07, 6.45) is 2.59. The van der Waals surface area contributed by atoms with Crippen molar-refractivity contribution in [3.63, 3.8) is 0 Å². The number of likely N-dealkylation sites (tertiary alicyclic amines) is 1. The number of nitrogens with zero attached hydrogens (tertiary/aromatic N) is 1. The molecule has 1 N–H and O–H groups in total. The van der Waals surface area contributed by atoms with Gasteiger partial charge < -0.3 is 10.2 Å². The van der Waals surface area contributed by atoms with Crippen molar-refractivity contribution in [2.75, 3.05) is 20.1 Å². The first-order valence-corrected chi connectivity index (χ1v) is 5.62. The fourth-order valence-electron chi connectivity index (χ4n) is 2.45. The Hall–Kier alpha value is -0.0800.